The highest BCUT2D eigenvalue weighted by atomic mass is 16.5. The van der Waals surface area contributed by atoms with Crippen molar-refractivity contribution in [1.29, 1.82) is 0 Å². The van der Waals surface area contributed by atoms with Gasteiger partial charge in [0, 0.05) is 32.2 Å². The maximum atomic E-state index is 12.1. The fraction of sp³-hybridized carbons (Fsp3) is 0.611. The van der Waals surface area contributed by atoms with E-state index in [-0.39, 0.29) is 5.91 Å². The van der Waals surface area contributed by atoms with E-state index >= 15 is 0 Å². The van der Waals surface area contributed by atoms with Gasteiger partial charge in [-0.3, -0.25) is 9.69 Å². The van der Waals surface area contributed by atoms with Crippen LogP contribution in [-0.4, -0.2) is 75.7 Å². The van der Waals surface area contributed by atoms with Crippen LogP contribution in [0.4, 0.5) is 0 Å². The normalized spacial score (nSPS) is 19.1. The lowest BCUT2D eigenvalue weighted by atomic mass is 10.1. The lowest BCUT2D eigenvalue weighted by Crippen LogP contribution is -2.53. The number of ether oxygens (including phenoxy) is 2. The number of nitrogens with zero attached hydrogens (tertiary/aromatic N) is 2. The molecule has 134 valence electrons. The Bertz CT molecular complexity index is 550. The van der Waals surface area contributed by atoms with Crippen LogP contribution in [0.3, 0.4) is 0 Å². The summed E-state index contributed by atoms with van der Waals surface area (Å²) in [7, 11) is 5.37. The monoisotopic (exact) mass is 335 g/mol. The zero-order valence-corrected chi connectivity index (χ0v) is 15.2. The van der Waals surface area contributed by atoms with Gasteiger partial charge >= 0.3 is 0 Å². The summed E-state index contributed by atoms with van der Waals surface area (Å²) in [4.78, 5) is 16.7. The van der Waals surface area contributed by atoms with Gasteiger partial charge in [0.25, 0.3) is 0 Å². The smallest absolute Gasteiger partial charge is 0.234 e. The second kappa shape index (κ2) is 8.89. The number of carbonyl (C=O) groups is 1. The van der Waals surface area contributed by atoms with Crippen LogP contribution in [0, 0.1) is 0 Å². The minimum absolute atomic E-state index is 0.0897. The minimum atomic E-state index is 0.0897. The molecule has 1 aromatic rings. The first-order valence-corrected chi connectivity index (χ1v) is 8.43. The number of methoxy groups -OCH3 is 2. The third kappa shape index (κ3) is 5.11. The average molecular weight is 335 g/mol. The van der Waals surface area contributed by atoms with Crippen molar-refractivity contribution in [2.45, 2.75) is 19.4 Å². The summed E-state index contributed by atoms with van der Waals surface area (Å²) in [6.07, 6.45) is 0.768. The number of benzene rings is 1. The maximum absolute atomic E-state index is 12.1. The van der Waals surface area contributed by atoms with Gasteiger partial charge < -0.3 is 19.7 Å². The zero-order valence-electron chi connectivity index (χ0n) is 15.2. The summed E-state index contributed by atoms with van der Waals surface area (Å²) in [5, 5.41) is 3.01. The molecule has 1 N–H and O–H groups in total. The van der Waals surface area contributed by atoms with E-state index in [1.54, 1.807) is 14.2 Å². The molecule has 1 fully saturated rings. The third-order valence-corrected chi connectivity index (χ3v) is 4.50. The number of hydrogen-bond acceptors (Lipinski definition) is 5. The second-order valence-corrected chi connectivity index (χ2v) is 6.37. The number of carbonyl (C=O) groups excluding carboxylic acids is 1. The van der Waals surface area contributed by atoms with Crippen LogP contribution in [0.1, 0.15) is 12.5 Å². The van der Waals surface area contributed by atoms with Gasteiger partial charge in [-0.25, -0.2) is 0 Å². The topological polar surface area (TPSA) is 54.0 Å². The minimum Gasteiger partial charge on any atom is -0.493 e. The zero-order chi connectivity index (χ0) is 17.5. The van der Waals surface area contributed by atoms with Crippen molar-refractivity contribution >= 4 is 5.91 Å². The molecule has 1 aliphatic rings. The number of piperazine rings is 1. The van der Waals surface area contributed by atoms with Crippen molar-refractivity contribution in [3.63, 3.8) is 0 Å². The molecule has 1 heterocycles. The number of rotatable bonds is 7. The summed E-state index contributed by atoms with van der Waals surface area (Å²) >= 11 is 0. The molecule has 0 bridgehead atoms. The number of likely N-dealkylation sites (N-methyl/N-ethyl adjacent to an activating group) is 1. The van der Waals surface area contributed by atoms with Crippen molar-refractivity contribution < 1.29 is 14.3 Å². The van der Waals surface area contributed by atoms with E-state index in [9.17, 15) is 4.79 Å². The largest absolute Gasteiger partial charge is 0.493 e. The lowest BCUT2D eigenvalue weighted by molar-refractivity contribution is -0.123. The van der Waals surface area contributed by atoms with Crippen LogP contribution >= 0.6 is 0 Å². The van der Waals surface area contributed by atoms with Crippen LogP contribution in [0.25, 0.3) is 0 Å². The number of hydrogen-bond donors (Lipinski definition) is 1. The second-order valence-electron chi connectivity index (χ2n) is 6.37. The Morgan fingerprint density at radius 3 is 2.67 bits per heavy atom. The Morgan fingerprint density at radius 2 is 2.00 bits per heavy atom. The van der Waals surface area contributed by atoms with E-state index in [0.29, 0.717) is 30.6 Å². The quantitative estimate of drug-likeness (QED) is 0.806. The molecule has 0 saturated carbocycles. The summed E-state index contributed by atoms with van der Waals surface area (Å²) in [5.41, 5.74) is 1.11. The maximum Gasteiger partial charge on any atom is 0.234 e. The molecular weight excluding hydrogens is 306 g/mol. The molecule has 2 rings (SSSR count). The molecule has 1 aliphatic heterocycles. The van der Waals surface area contributed by atoms with Crippen LogP contribution in [0.15, 0.2) is 18.2 Å². The van der Waals surface area contributed by atoms with Crippen LogP contribution in [0.5, 0.6) is 11.5 Å². The predicted octanol–water partition coefficient (Wildman–Crippen LogP) is 0.998. The van der Waals surface area contributed by atoms with Gasteiger partial charge in [-0.15, -0.1) is 0 Å². The van der Waals surface area contributed by atoms with Gasteiger partial charge in [0.05, 0.1) is 20.8 Å². The molecule has 1 aromatic carbocycles. The van der Waals surface area contributed by atoms with Gasteiger partial charge in [0.1, 0.15) is 0 Å². The fourth-order valence-corrected chi connectivity index (χ4v) is 3.04. The van der Waals surface area contributed by atoms with Gasteiger partial charge in [0.15, 0.2) is 11.5 Å². The van der Waals surface area contributed by atoms with Gasteiger partial charge in [-0.2, -0.15) is 0 Å². The summed E-state index contributed by atoms with van der Waals surface area (Å²) in [6, 6.07) is 6.26. The van der Waals surface area contributed by atoms with Crippen LogP contribution in [-0.2, 0) is 11.2 Å². The Kier molecular flexibility index (Phi) is 6.87. The molecule has 0 spiro atoms. The van der Waals surface area contributed by atoms with Crippen LogP contribution in [0.2, 0.25) is 0 Å². The number of nitrogens with one attached hydrogen (secondary N) is 1. The highest BCUT2D eigenvalue weighted by Crippen LogP contribution is 2.27. The van der Waals surface area contributed by atoms with Crippen molar-refractivity contribution in [3.8, 4) is 11.5 Å². The molecule has 0 radical (unpaired) electrons. The molecule has 0 aromatic heterocycles. The molecule has 6 heteroatoms. The standard InChI is InChI=1S/C18H29N3O3/c1-14-12-20(2)9-10-21(14)13-18(22)19-8-7-15-5-6-16(23-3)17(11-15)24-4/h5-6,11,14H,7-10,12-13H2,1-4H3,(H,19,22)/t14-/m0/s1. The lowest BCUT2D eigenvalue weighted by Gasteiger charge is -2.37. The van der Waals surface area contributed by atoms with Crippen molar-refractivity contribution in [2.24, 2.45) is 0 Å². The first-order chi connectivity index (χ1) is 11.5. The Balaban J connectivity index is 1.76. The van der Waals surface area contributed by atoms with Gasteiger partial charge in [0.2, 0.25) is 5.91 Å². The Labute approximate surface area is 144 Å². The van der Waals surface area contributed by atoms with E-state index < -0.39 is 0 Å². The molecule has 1 amide bonds. The van der Waals surface area contributed by atoms with Gasteiger partial charge in [-0.05, 0) is 38.1 Å². The Hall–Kier alpha value is -1.79. The van der Waals surface area contributed by atoms with E-state index in [1.807, 2.05) is 18.2 Å². The number of amides is 1. The first-order valence-electron chi connectivity index (χ1n) is 8.43. The third-order valence-electron chi connectivity index (χ3n) is 4.50. The van der Waals surface area contributed by atoms with E-state index in [0.717, 1.165) is 31.6 Å². The average Bonchev–Trinajstić information content (AvgIpc) is 2.57. The Morgan fingerprint density at radius 1 is 1.25 bits per heavy atom. The van der Waals surface area contributed by atoms with E-state index in [1.165, 1.54) is 0 Å². The molecule has 0 unspecified atom stereocenters. The molecule has 24 heavy (non-hydrogen) atoms. The van der Waals surface area contributed by atoms with Crippen LogP contribution < -0.4 is 14.8 Å². The fourth-order valence-electron chi connectivity index (χ4n) is 3.04. The molecule has 1 saturated heterocycles. The predicted molar refractivity (Wildman–Crippen MR) is 94.8 cm³/mol. The SMILES string of the molecule is COc1ccc(CCNC(=O)CN2CCN(C)C[C@@H]2C)cc1OC. The highest BCUT2D eigenvalue weighted by Gasteiger charge is 2.22. The van der Waals surface area contributed by atoms with Crippen molar-refractivity contribution in [1.82, 2.24) is 15.1 Å². The molecular formula is C18H29N3O3. The highest BCUT2D eigenvalue weighted by molar-refractivity contribution is 5.78. The summed E-state index contributed by atoms with van der Waals surface area (Å²) in [5.74, 6) is 1.52. The molecule has 6 nitrogen and oxygen atoms in total. The summed E-state index contributed by atoms with van der Waals surface area (Å²) in [6.45, 7) is 6.24. The molecule has 1 atom stereocenters. The van der Waals surface area contributed by atoms with Crippen molar-refractivity contribution in [3.05, 3.63) is 23.8 Å². The summed E-state index contributed by atoms with van der Waals surface area (Å²) < 4.78 is 10.5. The van der Waals surface area contributed by atoms with Crippen molar-refractivity contribution in [2.75, 3.05) is 54.0 Å². The van der Waals surface area contributed by atoms with E-state index in [4.69, 9.17) is 9.47 Å². The first kappa shape index (κ1) is 18.5. The molecule has 0 aliphatic carbocycles. The van der Waals surface area contributed by atoms with Gasteiger partial charge in [-0.1, -0.05) is 6.07 Å². The van der Waals surface area contributed by atoms with E-state index in [2.05, 4.69) is 29.1 Å².